The van der Waals surface area contributed by atoms with Crippen molar-refractivity contribution in [1.29, 1.82) is 0 Å². The summed E-state index contributed by atoms with van der Waals surface area (Å²) >= 11 is 0. The molecule has 0 saturated heterocycles. The molecule has 0 spiro atoms. The lowest BCUT2D eigenvalue weighted by Gasteiger charge is -2.08. The number of nitrogens with zero attached hydrogens (tertiary/aromatic N) is 1. The van der Waals surface area contributed by atoms with Gasteiger partial charge in [0.1, 0.15) is 7.05 Å². The summed E-state index contributed by atoms with van der Waals surface area (Å²) in [5.74, 6) is 0. The summed E-state index contributed by atoms with van der Waals surface area (Å²) in [6.45, 7) is 0. The maximum absolute atomic E-state index is 10.7. The fourth-order valence-corrected chi connectivity index (χ4v) is 1.63. The molecular formula is C14H14F3NO4S. The van der Waals surface area contributed by atoms with Gasteiger partial charge < -0.3 is 9.66 Å². The molecule has 2 aromatic rings. The molecule has 0 radical (unpaired) electrons. The standard InChI is InChI=1S/C13H14NO.CHF3O3S/c1-14-10-6-5-9-12(14)13(15)11-7-3-2-4-8-11;2-1(3,4)8(5,6)7/h2-10,13,15H,1H3;(H,5,6,7)/q+1;/p-1/t13-;/m0./s1. The highest BCUT2D eigenvalue weighted by Crippen LogP contribution is 2.20. The molecule has 0 aliphatic heterocycles. The molecule has 1 aromatic heterocycles. The molecule has 1 N–H and O–H groups in total. The first-order valence-corrected chi connectivity index (χ1v) is 7.64. The minimum Gasteiger partial charge on any atom is -0.741 e. The van der Waals surface area contributed by atoms with Crippen LogP contribution in [0.4, 0.5) is 13.2 Å². The summed E-state index contributed by atoms with van der Waals surface area (Å²) in [5, 5.41) is 10.2. The van der Waals surface area contributed by atoms with Crippen molar-refractivity contribution < 1.29 is 35.8 Å². The van der Waals surface area contributed by atoms with E-state index in [1.165, 1.54) is 0 Å². The highest BCUT2D eigenvalue weighted by Gasteiger charge is 2.36. The van der Waals surface area contributed by atoms with E-state index >= 15 is 0 Å². The van der Waals surface area contributed by atoms with Gasteiger partial charge in [-0.25, -0.2) is 13.0 Å². The summed E-state index contributed by atoms with van der Waals surface area (Å²) in [4.78, 5) is 0. The number of alkyl halides is 3. The van der Waals surface area contributed by atoms with Gasteiger partial charge in [-0.1, -0.05) is 30.3 Å². The zero-order valence-corrected chi connectivity index (χ0v) is 12.8. The Morgan fingerprint density at radius 3 is 2.00 bits per heavy atom. The van der Waals surface area contributed by atoms with Crippen LogP contribution in [0.15, 0.2) is 54.7 Å². The van der Waals surface area contributed by atoms with E-state index in [0.29, 0.717) is 0 Å². The van der Waals surface area contributed by atoms with E-state index in [4.69, 9.17) is 13.0 Å². The van der Waals surface area contributed by atoms with Crippen LogP contribution in [0.1, 0.15) is 17.4 Å². The third kappa shape index (κ3) is 5.62. The predicted octanol–water partition coefficient (Wildman–Crippen LogP) is 1.64. The van der Waals surface area contributed by atoms with Crippen molar-refractivity contribution in [3.63, 3.8) is 0 Å². The number of aliphatic hydroxyl groups excluding tert-OH is 1. The second-order valence-electron chi connectivity index (χ2n) is 4.45. The topological polar surface area (TPSA) is 81.3 Å². The molecule has 0 aliphatic rings. The molecule has 0 saturated carbocycles. The molecule has 23 heavy (non-hydrogen) atoms. The Kier molecular flexibility index (Phi) is 6.25. The van der Waals surface area contributed by atoms with E-state index < -0.39 is 21.7 Å². The van der Waals surface area contributed by atoms with Gasteiger partial charge in [0.2, 0.25) is 5.69 Å². The van der Waals surface area contributed by atoms with Crippen molar-refractivity contribution >= 4 is 10.1 Å². The first-order chi connectivity index (χ1) is 10.5. The Hall–Kier alpha value is -1.97. The van der Waals surface area contributed by atoms with Crippen LogP contribution in [0, 0.1) is 0 Å². The van der Waals surface area contributed by atoms with E-state index in [-0.39, 0.29) is 0 Å². The molecule has 0 fully saturated rings. The lowest BCUT2D eigenvalue weighted by molar-refractivity contribution is -0.682. The van der Waals surface area contributed by atoms with E-state index in [2.05, 4.69) is 0 Å². The van der Waals surface area contributed by atoms with Crippen molar-refractivity contribution in [2.24, 2.45) is 7.05 Å². The average molecular weight is 349 g/mol. The molecule has 5 nitrogen and oxygen atoms in total. The Balaban J connectivity index is 0.000000284. The van der Waals surface area contributed by atoms with Crippen molar-refractivity contribution in [2.45, 2.75) is 11.6 Å². The van der Waals surface area contributed by atoms with Crippen LogP contribution in [0.2, 0.25) is 0 Å². The molecule has 9 heteroatoms. The second kappa shape index (κ2) is 7.53. The molecule has 0 bridgehead atoms. The second-order valence-corrected chi connectivity index (χ2v) is 5.82. The van der Waals surface area contributed by atoms with Crippen molar-refractivity contribution in [3.05, 3.63) is 66.0 Å². The number of halogens is 3. The summed E-state index contributed by atoms with van der Waals surface area (Å²) in [7, 11) is -4.16. The number of hydrogen-bond acceptors (Lipinski definition) is 4. The van der Waals surface area contributed by atoms with Gasteiger partial charge in [0, 0.05) is 12.1 Å². The maximum atomic E-state index is 10.7. The molecule has 0 unspecified atom stereocenters. The summed E-state index contributed by atoms with van der Waals surface area (Å²) in [6, 6.07) is 15.5. The maximum Gasteiger partial charge on any atom is 0.485 e. The minimum atomic E-state index is -6.09. The molecule has 1 atom stereocenters. The Bertz CT molecular complexity index is 733. The molecular weight excluding hydrogens is 335 g/mol. The normalized spacial score (nSPS) is 13.0. The number of aliphatic hydroxyl groups is 1. The van der Waals surface area contributed by atoms with E-state index in [1.807, 2.05) is 66.3 Å². The highest BCUT2D eigenvalue weighted by molar-refractivity contribution is 7.86. The first-order valence-electron chi connectivity index (χ1n) is 6.23. The number of aryl methyl sites for hydroxylation is 1. The first kappa shape index (κ1) is 19.1. The smallest absolute Gasteiger partial charge is 0.485 e. The monoisotopic (exact) mass is 349 g/mol. The van der Waals surface area contributed by atoms with Crippen LogP contribution < -0.4 is 4.57 Å². The zero-order chi connectivity index (χ0) is 17.7. The number of pyridine rings is 1. The van der Waals surface area contributed by atoms with Gasteiger partial charge >= 0.3 is 5.51 Å². The SMILES string of the molecule is C[n+]1ccccc1[C@@H](O)c1ccccc1.O=S(=O)([O-])C(F)(F)F. The summed E-state index contributed by atoms with van der Waals surface area (Å²) in [5.41, 5.74) is -3.84. The number of hydrogen-bond donors (Lipinski definition) is 1. The van der Waals surface area contributed by atoms with Gasteiger partial charge in [0.15, 0.2) is 22.4 Å². The predicted molar refractivity (Wildman–Crippen MR) is 73.9 cm³/mol. The Morgan fingerprint density at radius 2 is 1.57 bits per heavy atom. The molecule has 0 amide bonds. The molecule has 126 valence electrons. The molecule has 0 aliphatic carbocycles. The van der Waals surface area contributed by atoms with Crippen LogP contribution in [0.25, 0.3) is 0 Å². The largest absolute Gasteiger partial charge is 0.741 e. The van der Waals surface area contributed by atoms with Crippen LogP contribution in [-0.2, 0) is 17.2 Å². The third-order valence-corrected chi connectivity index (χ3v) is 3.34. The van der Waals surface area contributed by atoms with Gasteiger partial charge in [-0.15, -0.1) is 0 Å². The average Bonchev–Trinajstić information content (AvgIpc) is 2.46. The lowest BCUT2D eigenvalue weighted by atomic mass is 10.1. The summed E-state index contributed by atoms with van der Waals surface area (Å²) < 4.78 is 60.8. The zero-order valence-electron chi connectivity index (χ0n) is 11.9. The highest BCUT2D eigenvalue weighted by atomic mass is 32.2. The molecule has 1 aromatic carbocycles. The van der Waals surface area contributed by atoms with E-state index in [1.54, 1.807) is 0 Å². The van der Waals surface area contributed by atoms with Crippen LogP contribution in [0.3, 0.4) is 0 Å². The molecule has 1 heterocycles. The number of rotatable bonds is 2. The van der Waals surface area contributed by atoms with Crippen LogP contribution >= 0.6 is 0 Å². The van der Waals surface area contributed by atoms with E-state index in [0.717, 1.165) is 11.3 Å². The third-order valence-electron chi connectivity index (χ3n) is 2.77. The Morgan fingerprint density at radius 1 is 1.09 bits per heavy atom. The van der Waals surface area contributed by atoms with Crippen molar-refractivity contribution in [2.75, 3.05) is 0 Å². The Labute approximate surface area is 131 Å². The van der Waals surface area contributed by atoms with Gasteiger partial charge in [-0.3, -0.25) is 0 Å². The van der Waals surface area contributed by atoms with Gasteiger partial charge in [-0.05, 0) is 11.6 Å². The molecule has 2 rings (SSSR count). The lowest BCUT2D eigenvalue weighted by Crippen LogP contribution is -2.34. The fourth-order valence-electron chi connectivity index (χ4n) is 1.63. The quantitative estimate of drug-likeness (QED) is 0.508. The number of aromatic nitrogens is 1. The van der Waals surface area contributed by atoms with Gasteiger partial charge in [0.05, 0.1) is 0 Å². The van der Waals surface area contributed by atoms with Gasteiger partial charge in [0.25, 0.3) is 0 Å². The minimum absolute atomic E-state index is 0.558. The van der Waals surface area contributed by atoms with Crippen molar-refractivity contribution in [3.8, 4) is 0 Å². The van der Waals surface area contributed by atoms with Gasteiger partial charge in [-0.2, -0.15) is 13.2 Å². The fraction of sp³-hybridized carbons (Fsp3) is 0.214. The van der Waals surface area contributed by atoms with Crippen molar-refractivity contribution in [1.82, 2.24) is 0 Å². The van der Waals surface area contributed by atoms with Crippen LogP contribution in [0.5, 0.6) is 0 Å². The van der Waals surface area contributed by atoms with E-state index in [9.17, 15) is 18.3 Å². The van der Waals surface area contributed by atoms with Crippen LogP contribution in [-0.4, -0.2) is 23.6 Å². The number of benzene rings is 1. The summed E-state index contributed by atoms with van der Waals surface area (Å²) in [6.07, 6.45) is 1.37.